The van der Waals surface area contributed by atoms with Crippen LogP contribution in [-0.4, -0.2) is 28.2 Å². The second kappa shape index (κ2) is 5.01. The molecule has 96 valence electrons. The molecule has 7 nitrogen and oxygen atoms in total. The molecule has 1 aromatic heterocycles. The van der Waals surface area contributed by atoms with Crippen LogP contribution in [0.4, 0.5) is 0 Å². The van der Waals surface area contributed by atoms with Crippen LogP contribution in [0.1, 0.15) is 13.2 Å². The second-order valence-corrected chi connectivity index (χ2v) is 3.77. The fourth-order valence-corrected chi connectivity index (χ4v) is 1.57. The monoisotopic (exact) mass is 252 g/mol. The second-order valence-electron chi connectivity index (χ2n) is 3.77. The molecule has 1 aromatic rings. The highest BCUT2D eigenvalue weighted by molar-refractivity contribution is 5.65. The highest BCUT2D eigenvalue weighted by Crippen LogP contribution is 2.19. The first-order valence-electron chi connectivity index (χ1n) is 5.35. The van der Waals surface area contributed by atoms with Crippen molar-refractivity contribution >= 4 is 5.97 Å². The number of ether oxygens (including phenoxy) is 2. The lowest BCUT2D eigenvalue weighted by Gasteiger charge is -2.15. The van der Waals surface area contributed by atoms with Gasteiger partial charge in [-0.2, -0.15) is 0 Å². The molecule has 1 N–H and O–H groups in total. The van der Waals surface area contributed by atoms with Crippen molar-refractivity contribution in [2.24, 2.45) is 0 Å². The SMILES string of the molecule is CC(=O)OC[C@@H]1C=C[C@H](n2ccc(=O)[nH]c2=O)O1. The van der Waals surface area contributed by atoms with Gasteiger partial charge in [-0.1, -0.05) is 6.08 Å². The van der Waals surface area contributed by atoms with Crippen LogP contribution in [0, 0.1) is 0 Å². The molecule has 18 heavy (non-hydrogen) atoms. The zero-order chi connectivity index (χ0) is 13.1. The molecule has 0 spiro atoms. The van der Waals surface area contributed by atoms with E-state index in [1.807, 2.05) is 0 Å². The maximum absolute atomic E-state index is 11.5. The molecule has 0 bridgehead atoms. The largest absolute Gasteiger partial charge is 0.463 e. The summed E-state index contributed by atoms with van der Waals surface area (Å²) in [5, 5.41) is 0. The summed E-state index contributed by atoms with van der Waals surface area (Å²) in [5.74, 6) is -0.392. The van der Waals surface area contributed by atoms with Gasteiger partial charge in [-0.05, 0) is 6.08 Å². The molecule has 0 radical (unpaired) electrons. The third-order valence-corrected chi connectivity index (χ3v) is 2.38. The van der Waals surface area contributed by atoms with Crippen LogP contribution in [0.5, 0.6) is 0 Å². The Morgan fingerprint density at radius 2 is 2.28 bits per heavy atom. The zero-order valence-corrected chi connectivity index (χ0v) is 9.66. The van der Waals surface area contributed by atoms with E-state index in [4.69, 9.17) is 9.47 Å². The summed E-state index contributed by atoms with van der Waals surface area (Å²) in [7, 11) is 0. The Morgan fingerprint density at radius 3 is 2.94 bits per heavy atom. The maximum Gasteiger partial charge on any atom is 0.330 e. The Morgan fingerprint density at radius 1 is 1.50 bits per heavy atom. The van der Waals surface area contributed by atoms with Gasteiger partial charge in [0, 0.05) is 19.2 Å². The smallest absolute Gasteiger partial charge is 0.330 e. The number of nitrogens with zero attached hydrogens (tertiary/aromatic N) is 1. The number of carbonyl (C=O) groups is 1. The number of nitrogens with one attached hydrogen (secondary N) is 1. The molecule has 2 atom stereocenters. The van der Waals surface area contributed by atoms with E-state index in [-0.39, 0.29) is 6.61 Å². The zero-order valence-electron chi connectivity index (χ0n) is 9.66. The molecule has 1 aliphatic heterocycles. The highest BCUT2D eigenvalue weighted by atomic mass is 16.6. The minimum Gasteiger partial charge on any atom is -0.463 e. The summed E-state index contributed by atoms with van der Waals surface area (Å²) in [4.78, 5) is 35.2. The molecule has 0 saturated heterocycles. The van der Waals surface area contributed by atoms with Crippen LogP contribution in [0.15, 0.2) is 34.0 Å². The van der Waals surface area contributed by atoms with E-state index in [1.165, 1.54) is 23.8 Å². The highest BCUT2D eigenvalue weighted by Gasteiger charge is 2.22. The van der Waals surface area contributed by atoms with Crippen LogP contribution in [0.2, 0.25) is 0 Å². The summed E-state index contributed by atoms with van der Waals surface area (Å²) in [6, 6.07) is 1.23. The Bertz CT molecular complexity index is 586. The van der Waals surface area contributed by atoms with Gasteiger partial charge >= 0.3 is 11.7 Å². The van der Waals surface area contributed by atoms with E-state index >= 15 is 0 Å². The van der Waals surface area contributed by atoms with Crippen LogP contribution < -0.4 is 11.2 Å². The fourth-order valence-electron chi connectivity index (χ4n) is 1.57. The van der Waals surface area contributed by atoms with Crippen LogP contribution in [0.3, 0.4) is 0 Å². The minimum absolute atomic E-state index is 0.0977. The molecule has 0 unspecified atom stereocenters. The Balaban J connectivity index is 2.05. The molecular weight excluding hydrogens is 240 g/mol. The number of hydrogen-bond acceptors (Lipinski definition) is 5. The first kappa shape index (κ1) is 12.3. The summed E-state index contributed by atoms with van der Waals surface area (Å²) < 4.78 is 11.5. The molecule has 2 rings (SSSR count). The third-order valence-electron chi connectivity index (χ3n) is 2.38. The van der Waals surface area contributed by atoms with Crippen LogP contribution in [-0.2, 0) is 14.3 Å². The van der Waals surface area contributed by atoms with Gasteiger partial charge < -0.3 is 9.47 Å². The topological polar surface area (TPSA) is 90.4 Å². The van der Waals surface area contributed by atoms with Crippen LogP contribution in [0.25, 0.3) is 0 Å². The van der Waals surface area contributed by atoms with Crippen molar-refractivity contribution in [1.29, 1.82) is 0 Å². The normalized spacial score (nSPS) is 22.1. The minimum atomic E-state index is -0.602. The third kappa shape index (κ3) is 2.75. The molecule has 0 saturated carbocycles. The predicted octanol–water partition coefficient (Wildman–Crippen LogP) is -0.447. The van der Waals surface area contributed by atoms with Crippen LogP contribution >= 0.6 is 0 Å². The first-order valence-corrected chi connectivity index (χ1v) is 5.35. The quantitative estimate of drug-likeness (QED) is 0.581. The molecule has 0 aromatic carbocycles. The van der Waals surface area contributed by atoms with E-state index < -0.39 is 29.6 Å². The first-order chi connectivity index (χ1) is 8.56. The summed E-state index contributed by atoms with van der Waals surface area (Å²) in [6.45, 7) is 1.41. The van der Waals surface area contributed by atoms with Gasteiger partial charge in [0.2, 0.25) is 0 Å². The molecule has 2 heterocycles. The lowest BCUT2D eigenvalue weighted by molar-refractivity contribution is -0.145. The average Bonchev–Trinajstić information content (AvgIpc) is 2.75. The predicted molar refractivity (Wildman–Crippen MR) is 61.0 cm³/mol. The van der Waals surface area contributed by atoms with E-state index in [2.05, 4.69) is 4.98 Å². The van der Waals surface area contributed by atoms with Gasteiger partial charge in [0.25, 0.3) is 5.56 Å². The standard InChI is InChI=1S/C11H12N2O5/c1-7(14)17-6-8-2-3-10(18-8)13-5-4-9(15)12-11(13)16/h2-5,8,10H,6H2,1H3,(H,12,15,16)/t8-,10+/m0/s1. The van der Waals surface area contributed by atoms with Gasteiger partial charge in [0.15, 0.2) is 6.23 Å². The number of esters is 1. The molecular formula is C11H12N2O5. The number of H-pyrrole nitrogens is 1. The van der Waals surface area contributed by atoms with Gasteiger partial charge in [-0.15, -0.1) is 0 Å². The van der Waals surface area contributed by atoms with Gasteiger partial charge in [-0.25, -0.2) is 4.79 Å². The summed E-state index contributed by atoms with van der Waals surface area (Å²) >= 11 is 0. The summed E-state index contributed by atoms with van der Waals surface area (Å²) in [5.41, 5.74) is -1.01. The van der Waals surface area contributed by atoms with Crippen molar-refractivity contribution in [2.75, 3.05) is 6.61 Å². The molecule has 0 amide bonds. The fraction of sp³-hybridized carbons (Fsp3) is 0.364. The van der Waals surface area contributed by atoms with E-state index in [0.29, 0.717) is 0 Å². The van der Waals surface area contributed by atoms with E-state index in [9.17, 15) is 14.4 Å². The van der Waals surface area contributed by atoms with Gasteiger partial charge in [-0.3, -0.25) is 19.1 Å². The maximum atomic E-state index is 11.5. The Hall–Kier alpha value is -2.15. The Kier molecular flexibility index (Phi) is 3.42. The van der Waals surface area contributed by atoms with E-state index in [0.717, 1.165) is 0 Å². The molecule has 1 aliphatic rings. The lowest BCUT2D eigenvalue weighted by Crippen LogP contribution is -2.32. The van der Waals surface area contributed by atoms with Crippen molar-refractivity contribution in [1.82, 2.24) is 9.55 Å². The molecule has 0 fully saturated rings. The number of hydrogen-bond donors (Lipinski definition) is 1. The number of aromatic nitrogens is 2. The lowest BCUT2D eigenvalue weighted by atomic mass is 10.4. The average molecular weight is 252 g/mol. The molecule has 7 heteroatoms. The van der Waals surface area contributed by atoms with Gasteiger partial charge in [0.05, 0.1) is 0 Å². The van der Waals surface area contributed by atoms with Crippen molar-refractivity contribution < 1.29 is 14.3 Å². The van der Waals surface area contributed by atoms with Crippen molar-refractivity contribution in [3.05, 3.63) is 45.3 Å². The number of carbonyl (C=O) groups excluding carboxylic acids is 1. The van der Waals surface area contributed by atoms with Crippen molar-refractivity contribution in [3.8, 4) is 0 Å². The Labute approximate surface area is 102 Å². The van der Waals surface area contributed by atoms with Crippen molar-refractivity contribution in [3.63, 3.8) is 0 Å². The summed E-state index contributed by atoms with van der Waals surface area (Å²) in [6.07, 6.45) is 3.72. The number of aromatic amines is 1. The number of rotatable bonds is 3. The van der Waals surface area contributed by atoms with E-state index in [1.54, 1.807) is 12.2 Å². The molecule has 0 aliphatic carbocycles. The van der Waals surface area contributed by atoms with Gasteiger partial charge in [0.1, 0.15) is 12.7 Å². The van der Waals surface area contributed by atoms with Crippen molar-refractivity contribution in [2.45, 2.75) is 19.3 Å².